The first-order chi connectivity index (χ1) is 7.76. The number of hydrogen-bond donors (Lipinski definition) is 0. The van der Waals surface area contributed by atoms with E-state index >= 15 is 0 Å². The van der Waals surface area contributed by atoms with Gasteiger partial charge in [0.2, 0.25) is 0 Å². The molecule has 0 amide bonds. The Morgan fingerprint density at radius 2 is 2.31 bits per heavy atom. The molecular formula is C12H18N2O2. The Kier molecular flexibility index (Phi) is 5.50. The second-order valence-corrected chi connectivity index (χ2v) is 3.52. The van der Waals surface area contributed by atoms with E-state index in [2.05, 4.69) is 21.5 Å². The summed E-state index contributed by atoms with van der Waals surface area (Å²) in [5.41, 5.74) is 1.02. The van der Waals surface area contributed by atoms with Gasteiger partial charge in [0.05, 0.1) is 19.2 Å². The summed E-state index contributed by atoms with van der Waals surface area (Å²) in [6.45, 7) is 4.45. The summed E-state index contributed by atoms with van der Waals surface area (Å²) in [6, 6.07) is 5.85. The van der Waals surface area contributed by atoms with Crippen LogP contribution in [0.4, 0.5) is 0 Å². The number of ether oxygens (including phenoxy) is 1. The molecule has 16 heavy (non-hydrogen) atoms. The Bertz CT molecular complexity index is 314. The highest BCUT2D eigenvalue weighted by Crippen LogP contribution is 2.02. The largest absolute Gasteiger partial charge is 0.469 e. The SMILES string of the molecule is CCN(CCC(=O)OC)Cc1ccccn1. The molecule has 0 atom stereocenters. The lowest BCUT2D eigenvalue weighted by atomic mass is 10.3. The molecule has 0 aliphatic carbocycles. The van der Waals surface area contributed by atoms with Crippen LogP contribution >= 0.6 is 0 Å². The van der Waals surface area contributed by atoms with Gasteiger partial charge in [-0.25, -0.2) is 0 Å². The minimum absolute atomic E-state index is 0.167. The summed E-state index contributed by atoms with van der Waals surface area (Å²) in [6.07, 6.45) is 2.21. The van der Waals surface area contributed by atoms with E-state index in [0.717, 1.165) is 18.8 Å². The van der Waals surface area contributed by atoms with Gasteiger partial charge in [-0.2, -0.15) is 0 Å². The van der Waals surface area contributed by atoms with Crippen LogP contribution < -0.4 is 0 Å². The molecule has 1 aromatic heterocycles. The number of pyridine rings is 1. The Labute approximate surface area is 96.2 Å². The lowest BCUT2D eigenvalue weighted by molar-refractivity contribution is -0.141. The number of hydrogen-bond acceptors (Lipinski definition) is 4. The van der Waals surface area contributed by atoms with Crippen molar-refractivity contribution in [1.82, 2.24) is 9.88 Å². The van der Waals surface area contributed by atoms with Gasteiger partial charge in [-0.05, 0) is 18.7 Å². The molecular weight excluding hydrogens is 204 g/mol. The molecule has 1 rings (SSSR count). The monoisotopic (exact) mass is 222 g/mol. The van der Waals surface area contributed by atoms with E-state index in [1.54, 1.807) is 6.20 Å². The molecule has 0 saturated heterocycles. The first-order valence-corrected chi connectivity index (χ1v) is 5.45. The van der Waals surface area contributed by atoms with Crippen LogP contribution in [0.2, 0.25) is 0 Å². The summed E-state index contributed by atoms with van der Waals surface area (Å²) in [5.74, 6) is -0.167. The predicted molar refractivity (Wildman–Crippen MR) is 61.8 cm³/mol. The van der Waals surface area contributed by atoms with Crippen molar-refractivity contribution in [3.8, 4) is 0 Å². The van der Waals surface area contributed by atoms with Crippen molar-refractivity contribution in [2.24, 2.45) is 0 Å². The van der Waals surface area contributed by atoms with E-state index in [4.69, 9.17) is 0 Å². The molecule has 0 aliphatic rings. The van der Waals surface area contributed by atoms with Crippen molar-refractivity contribution in [3.05, 3.63) is 30.1 Å². The zero-order valence-corrected chi connectivity index (χ0v) is 9.85. The second kappa shape index (κ2) is 6.95. The van der Waals surface area contributed by atoms with Gasteiger partial charge in [0, 0.05) is 19.3 Å². The molecule has 0 spiro atoms. The molecule has 0 N–H and O–H groups in total. The average molecular weight is 222 g/mol. The molecule has 4 nitrogen and oxygen atoms in total. The molecule has 0 fully saturated rings. The van der Waals surface area contributed by atoms with E-state index in [9.17, 15) is 4.79 Å². The zero-order chi connectivity index (χ0) is 11.8. The van der Waals surface area contributed by atoms with E-state index < -0.39 is 0 Å². The fourth-order valence-electron chi connectivity index (χ4n) is 1.42. The molecule has 0 bridgehead atoms. The highest BCUT2D eigenvalue weighted by molar-refractivity contribution is 5.69. The maximum absolute atomic E-state index is 11.0. The highest BCUT2D eigenvalue weighted by Gasteiger charge is 2.07. The van der Waals surface area contributed by atoms with Crippen LogP contribution in [-0.4, -0.2) is 36.1 Å². The first kappa shape index (κ1) is 12.6. The van der Waals surface area contributed by atoms with Gasteiger partial charge in [-0.1, -0.05) is 13.0 Å². The van der Waals surface area contributed by atoms with Crippen LogP contribution in [0.3, 0.4) is 0 Å². The average Bonchev–Trinajstić information content (AvgIpc) is 2.35. The van der Waals surface area contributed by atoms with E-state index in [1.807, 2.05) is 18.2 Å². The zero-order valence-electron chi connectivity index (χ0n) is 9.85. The quantitative estimate of drug-likeness (QED) is 0.683. The van der Waals surface area contributed by atoms with Crippen LogP contribution in [0.15, 0.2) is 24.4 Å². The summed E-state index contributed by atoms with van der Waals surface area (Å²) < 4.78 is 4.61. The van der Waals surface area contributed by atoms with Crippen LogP contribution in [0.5, 0.6) is 0 Å². The van der Waals surface area contributed by atoms with Crippen molar-refractivity contribution in [2.75, 3.05) is 20.2 Å². The number of esters is 1. The van der Waals surface area contributed by atoms with Gasteiger partial charge in [0.1, 0.15) is 0 Å². The van der Waals surface area contributed by atoms with Crippen LogP contribution in [0.1, 0.15) is 19.0 Å². The smallest absolute Gasteiger partial charge is 0.306 e. The molecule has 88 valence electrons. The topological polar surface area (TPSA) is 42.4 Å². The number of rotatable bonds is 6. The maximum Gasteiger partial charge on any atom is 0.306 e. The Morgan fingerprint density at radius 3 is 2.88 bits per heavy atom. The van der Waals surface area contributed by atoms with Crippen molar-refractivity contribution < 1.29 is 9.53 Å². The van der Waals surface area contributed by atoms with Crippen LogP contribution in [0.25, 0.3) is 0 Å². The normalized spacial score (nSPS) is 10.4. The van der Waals surface area contributed by atoms with E-state index in [1.165, 1.54) is 7.11 Å². The summed E-state index contributed by atoms with van der Waals surface area (Å²) in [7, 11) is 1.41. The standard InChI is InChI=1S/C12H18N2O2/c1-3-14(9-7-12(15)16-2)10-11-6-4-5-8-13-11/h4-6,8H,3,7,9-10H2,1-2H3. The van der Waals surface area contributed by atoms with Gasteiger partial charge < -0.3 is 4.74 Å². The minimum Gasteiger partial charge on any atom is -0.469 e. The van der Waals surface area contributed by atoms with E-state index in [-0.39, 0.29) is 5.97 Å². The maximum atomic E-state index is 11.0. The number of aromatic nitrogens is 1. The Balaban J connectivity index is 2.40. The van der Waals surface area contributed by atoms with Gasteiger partial charge in [0.25, 0.3) is 0 Å². The van der Waals surface area contributed by atoms with Crippen molar-refractivity contribution in [2.45, 2.75) is 19.9 Å². The van der Waals surface area contributed by atoms with Gasteiger partial charge in [-0.15, -0.1) is 0 Å². The van der Waals surface area contributed by atoms with Crippen LogP contribution in [0, 0.1) is 0 Å². The Hall–Kier alpha value is -1.42. The molecule has 0 aromatic carbocycles. The number of methoxy groups -OCH3 is 1. The lowest BCUT2D eigenvalue weighted by Crippen LogP contribution is -2.26. The van der Waals surface area contributed by atoms with Crippen molar-refractivity contribution in [3.63, 3.8) is 0 Å². The number of nitrogens with zero attached hydrogens (tertiary/aromatic N) is 2. The van der Waals surface area contributed by atoms with Gasteiger partial charge >= 0.3 is 5.97 Å². The highest BCUT2D eigenvalue weighted by atomic mass is 16.5. The summed E-state index contributed by atoms with van der Waals surface area (Å²) in [4.78, 5) is 17.4. The fraction of sp³-hybridized carbons (Fsp3) is 0.500. The third kappa shape index (κ3) is 4.40. The molecule has 0 unspecified atom stereocenters. The molecule has 0 aliphatic heterocycles. The molecule has 1 heterocycles. The molecule has 0 radical (unpaired) electrons. The molecule has 1 aromatic rings. The third-order valence-corrected chi connectivity index (χ3v) is 2.42. The number of carbonyl (C=O) groups is 1. The predicted octanol–water partition coefficient (Wildman–Crippen LogP) is 1.47. The summed E-state index contributed by atoms with van der Waals surface area (Å²) in [5, 5.41) is 0. The number of carbonyl (C=O) groups excluding carboxylic acids is 1. The van der Waals surface area contributed by atoms with Crippen LogP contribution in [-0.2, 0) is 16.1 Å². The molecule has 4 heteroatoms. The third-order valence-electron chi connectivity index (χ3n) is 2.42. The van der Waals surface area contributed by atoms with Gasteiger partial charge in [0.15, 0.2) is 0 Å². The lowest BCUT2D eigenvalue weighted by Gasteiger charge is -2.18. The Morgan fingerprint density at radius 1 is 1.50 bits per heavy atom. The molecule has 0 saturated carbocycles. The minimum atomic E-state index is -0.167. The van der Waals surface area contributed by atoms with Crippen molar-refractivity contribution >= 4 is 5.97 Å². The van der Waals surface area contributed by atoms with Gasteiger partial charge in [-0.3, -0.25) is 14.7 Å². The summed E-state index contributed by atoms with van der Waals surface area (Å²) >= 11 is 0. The first-order valence-electron chi connectivity index (χ1n) is 5.45. The van der Waals surface area contributed by atoms with E-state index in [0.29, 0.717) is 13.0 Å². The second-order valence-electron chi connectivity index (χ2n) is 3.52. The fourth-order valence-corrected chi connectivity index (χ4v) is 1.42. The van der Waals surface area contributed by atoms with Crippen molar-refractivity contribution in [1.29, 1.82) is 0 Å².